The molecule has 1 saturated heterocycles. The molecule has 15 heteroatoms. The van der Waals surface area contributed by atoms with Crippen molar-refractivity contribution in [1.82, 2.24) is 29.8 Å². The summed E-state index contributed by atoms with van der Waals surface area (Å²) in [7, 11) is 0. The van der Waals surface area contributed by atoms with Gasteiger partial charge in [-0.25, -0.2) is 4.98 Å². The Bertz CT molecular complexity index is 2160. The fourth-order valence-corrected chi connectivity index (χ4v) is 6.62. The molecule has 2 atom stereocenters. The number of ether oxygens (including phenoxy) is 1. The van der Waals surface area contributed by atoms with E-state index in [1.807, 2.05) is 17.0 Å². The minimum absolute atomic E-state index is 0.0197. The van der Waals surface area contributed by atoms with Gasteiger partial charge in [0.05, 0.1) is 42.3 Å². The van der Waals surface area contributed by atoms with Gasteiger partial charge in [0.1, 0.15) is 18.2 Å². The van der Waals surface area contributed by atoms with Crippen molar-refractivity contribution < 1.29 is 18.4 Å². The van der Waals surface area contributed by atoms with Crippen molar-refractivity contribution in [1.29, 1.82) is 0 Å². The lowest BCUT2D eigenvalue weighted by molar-refractivity contribution is 0.1000. The minimum atomic E-state index is -0.658. The van der Waals surface area contributed by atoms with E-state index in [9.17, 15) is 9.59 Å². The van der Waals surface area contributed by atoms with E-state index >= 15 is 0 Å². The molecule has 5 aromatic heterocycles. The molecule has 1 saturated carbocycles. The number of amides is 1. The second kappa shape index (κ2) is 11.3. The quantitative estimate of drug-likeness (QED) is 0.202. The summed E-state index contributed by atoms with van der Waals surface area (Å²) in [6.07, 6.45) is 8.97. The van der Waals surface area contributed by atoms with Crippen LogP contribution in [0.2, 0.25) is 0 Å². The summed E-state index contributed by atoms with van der Waals surface area (Å²) in [6, 6.07) is 5.29. The molecule has 0 bridgehead atoms. The number of anilines is 2. The van der Waals surface area contributed by atoms with E-state index in [-0.39, 0.29) is 35.1 Å². The van der Waals surface area contributed by atoms with Crippen LogP contribution in [0, 0.1) is 0 Å². The molecule has 2 fully saturated rings. The molecule has 1 aliphatic heterocycles. The van der Waals surface area contributed by atoms with Gasteiger partial charge in [0.25, 0.3) is 5.91 Å². The van der Waals surface area contributed by atoms with E-state index in [1.165, 1.54) is 18.7 Å². The number of carbonyl (C=O) groups excluding carboxylic acids is 1. The monoisotopic (exact) mass is 624 g/mol. The minimum Gasteiger partial charge on any atom is -0.456 e. The second-order valence-corrected chi connectivity index (χ2v) is 11.8. The number of nitrogens with zero attached hydrogens (tertiary/aromatic N) is 6. The molecule has 0 radical (unpaired) electrons. The fourth-order valence-electron chi connectivity index (χ4n) is 6.62. The molecule has 6 N–H and O–H groups in total. The van der Waals surface area contributed by atoms with Gasteiger partial charge in [-0.3, -0.25) is 19.1 Å². The molecule has 1 amide bonds. The Morgan fingerprint density at radius 3 is 2.80 bits per heavy atom. The average molecular weight is 625 g/mol. The standard InChI is InChI=1S/C31H32N10O5/c32-20-3-1-2-4-21(20)36-31-37-22(25(29(33)43)30-39-35-15-41(30)31)11-16-5-6-17(18-13-34-38-26(16)18)19-14-45-28-23(42)12-24(46-27(19)28)40-7-9-44-10-8-40/h5-6,12-15,20-21H,1-4,7-11,32H2,(H2,33,43)(H,34,38)(H,36,37)/t20-,21+/m1/s1. The van der Waals surface area contributed by atoms with Gasteiger partial charge in [0, 0.05) is 37.0 Å². The first-order valence-corrected chi connectivity index (χ1v) is 15.3. The number of rotatable bonds is 7. The number of furan rings is 1. The number of primary amides is 1. The van der Waals surface area contributed by atoms with Gasteiger partial charge in [0.15, 0.2) is 17.1 Å². The van der Waals surface area contributed by atoms with Crippen molar-refractivity contribution in [3.8, 4) is 11.1 Å². The van der Waals surface area contributed by atoms with Crippen LogP contribution in [0.1, 0.15) is 47.3 Å². The van der Waals surface area contributed by atoms with Crippen LogP contribution in [-0.2, 0) is 11.2 Å². The summed E-state index contributed by atoms with van der Waals surface area (Å²) >= 11 is 0. The summed E-state index contributed by atoms with van der Waals surface area (Å²) in [5, 5.41) is 19.9. The van der Waals surface area contributed by atoms with Gasteiger partial charge in [-0.05, 0) is 24.0 Å². The fraction of sp³-hybridized carbons (Fsp3) is 0.355. The van der Waals surface area contributed by atoms with Gasteiger partial charge >= 0.3 is 0 Å². The lowest BCUT2D eigenvalue weighted by Gasteiger charge is -2.30. The normalized spacial score (nSPS) is 18.9. The molecule has 0 unspecified atom stereocenters. The molecule has 6 heterocycles. The van der Waals surface area contributed by atoms with Crippen LogP contribution in [0.25, 0.3) is 38.8 Å². The number of hydrogen-bond donors (Lipinski definition) is 4. The number of morpholine rings is 1. The van der Waals surface area contributed by atoms with Crippen LogP contribution >= 0.6 is 0 Å². The van der Waals surface area contributed by atoms with Gasteiger partial charge in [0.2, 0.25) is 17.0 Å². The zero-order chi connectivity index (χ0) is 31.4. The maximum atomic E-state index is 13.0. The van der Waals surface area contributed by atoms with E-state index in [1.54, 1.807) is 10.6 Å². The van der Waals surface area contributed by atoms with Crippen LogP contribution in [0.15, 0.2) is 50.6 Å². The first kappa shape index (κ1) is 28.2. The predicted molar refractivity (Wildman–Crippen MR) is 169 cm³/mol. The molecule has 1 aliphatic carbocycles. The highest BCUT2D eigenvalue weighted by Crippen LogP contribution is 2.37. The van der Waals surface area contributed by atoms with Crippen molar-refractivity contribution >= 4 is 45.5 Å². The van der Waals surface area contributed by atoms with E-state index < -0.39 is 5.91 Å². The highest BCUT2D eigenvalue weighted by Gasteiger charge is 2.27. The Labute approximate surface area is 260 Å². The first-order valence-electron chi connectivity index (χ1n) is 15.3. The maximum absolute atomic E-state index is 13.0. The number of nitrogens with one attached hydrogen (secondary N) is 2. The molecule has 46 heavy (non-hydrogen) atoms. The third-order valence-corrected chi connectivity index (χ3v) is 9.01. The Balaban J connectivity index is 1.20. The summed E-state index contributed by atoms with van der Waals surface area (Å²) in [5.41, 5.74) is 16.4. The number of H-pyrrole nitrogens is 1. The number of fused-ring (bicyclic) bond motifs is 3. The summed E-state index contributed by atoms with van der Waals surface area (Å²) in [4.78, 5) is 32.6. The van der Waals surface area contributed by atoms with Crippen LogP contribution in [0.5, 0.6) is 0 Å². The number of nitrogens with two attached hydrogens (primary N) is 2. The zero-order valence-electron chi connectivity index (χ0n) is 24.9. The van der Waals surface area contributed by atoms with Gasteiger partial charge in [-0.1, -0.05) is 25.0 Å². The number of carbonyl (C=O) groups is 1. The van der Waals surface area contributed by atoms with Gasteiger partial charge in [-0.15, -0.1) is 10.2 Å². The molecule has 236 valence electrons. The van der Waals surface area contributed by atoms with Crippen LogP contribution in [-0.4, -0.2) is 74.1 Å². The molecular formula is C31H32N10O5. The highest BCUT2D eigenvalue weighted by atomic mass is 16.5. The average Bonchev–Trinajstić information content (AvgIpc) is 3.83. The smallest absolute Gasteiger partial charge is 0.254 e. The van der Waals surface area contributed by atoms with Crippen molar-refractivity contribution in [2.45, 2.75) is 44.2 Å². The van der Waals surface area contributed by atoms with Gasteiger partial charge < -0.3 is 35.3 Å². The predicted octanol–water partition coefficient (Wildman–Crippen LogP) is 2.58. The Kier molecular flexibility index (Phi) is 6.91. The molecule has 8 rings (SSSR count). The zero-order valence-corrected chi connectivity index (χ0v) is 24.9. The lowest BCUT2D eigenvalue weighted by Crippen LogP contribution is -2.43. The van der Waals surface area contributed by atoms with E-state index in [2.05, 4.69) is 25.7 Å². The lowest BCUT2D eigenvalue weighted by atomic mass is 9.91. The molecule has 1 aromatic carbocycles. The second-order valence-electron chi connectivity index (χ2n) is 11.8. The van der Waals surface area contributed by atoms with E-state index in [0.717, 1.165) is 47.7 Å². The summed E-state index contributed by atoms with van der Waals surface area (Å²) in [6.45, 7) is 2.35. The number of hydrogen-bond acceptors (Lipinski definition) is 12. The van der Waals surface area contributed by atoms with Gasteiger partial charge in [-0.2, -0.15) is 5.10 Å². The molecular weight excluding hydrogens is 592 g/mol. The summed E-state index contributed by atoms with van der Waals surface area (Å²) in [5.74, 6) is 0.307. The third-order valence-electron chi connectivity index (χ3n) is 9.01. The number of aromatic nitrogens is 6. The van der Waals surface area contributed by atoms with Crippen LogP contribution < -0.4 is 27.1 Å². The van der Waals surface area contributed by atoms with Crippen molar-refractivity contribution in [3.05, 3.63) is 64.0 Å². The Hall–Kier alpha value is -5.28. The third kappa shape index (κ3) is 4.75. The van der Waals surface area contributed by atoms with E-state index in [4.69, 9.17) is 30.0 Å². The largest absolute Gasteiger partial charge is 0.456 e. The topological polar surface area (TPSA) is 209 Å². The van der Waals surface area contributed by atoms with Crippen molar-refractivity contribution in [2.75, 3.05) is 36.5 Å². The Morgan fingerprint density at radius 1 is 1.13 bits per heavy atom. The molecule has 6 aromatic rings. The number of benzene rings is 1. The SMILES string of the molecule is NC(=O)c1c(Cc2ccc(-c3coc4c(=O)cc(N5CCOCC5)oc34)c3cn[nH]c23)nc(N[C@H]2CCCC[C@H]2N)n2cnnc12. The Morgan fingerprint density at radius 2 is 1.98 bits per heavy atom. The molecule has 15 nitrogen and oxygen atoms in total. The van der Waals surface area contributed by atoms with Crippen LogP contribution in [0.3, 0.4) is 0 Å². The van der Waals surface area contributed by atoms with Crippen molar-refractivity contribution in [3.63, 3.8) is 0 Å². The maximum Gasteiger partial charge on any atom is 0.254 e. The first-order chi connectivity index (χ1) is 22.5. The van der Waals surface area contributed by atoms with Crippen molar-refractivity contribution in [2.24, 2.45) is 11.5 Å². The molecule has 2 aliphatic rings. The molecule has 0 spiro atoms. The highest BCUT2D eigenvalue weighted by molar-refractivity contribution is 6.03. The van der Waals surface area contributed by atoms with E-state index in [0.29, 0.717) is 60.6 Å². The van der Waals surface area contributed by atoms with Crippen LogP contribution in [0.4, 0.5) is 11.8 Å². The summed E-state index contributed by atoms with van der Waals surface area (Å²) < 4.78 is 19.1. The number of aromatic amines is 1.